The lowest BCUT2D eigenvalue weighted by atomic mass is 10.1. The molecule has 0 aliphatic carbocycles. The molecule has 5 heteroatoms. The van der Waals surface area contributed by atoms with Crippen molar-refractivity contribution in [3.8, 4) is 6.07 Å². The number of carbonyl (C=O) groups is 1. The number of nitrogens with one attached hydrogen (secondary N) is 1. The molecule has 0 radical (unpaired) electrons. The third-order valence-corrected chi connectivity index (χ3v) is 4.08. The van der Waals surface area contributed by atoms with Crippen LogP contribution in [0.5, 0.6) is 0 Å². The van der Waals surface area contributed by atoms with Crippen LogP contribution in [0.25, 0.3) is 0 Å². The zero-order chi connectivity index (χ0) is 14.5. The predicted octanol–water partition coefficient (Wildman–Crippen LogP) is 2.60. The van der Waals surface area contributed by atoms with Gasteiger partial charge in [-0.15, -0.1) is 11.3 Å². The van der Waals surface area contributed by atoms with Crippen LogP contribution in [0.4, 0.5) is 0 Å². The molecule has 0 fully saturated rings. The topological polar surface area (TPSA) is 65.8 Å². The number of amides is 1. The summed E-state index contributed by atoms with van der Waals surface area (Å²) in [5, 5.41) is 12.7. The van der Waals surface area contributed by atoms with E-state index in [1.165, 1.54) is 4.88 Å². The molecule has 102 valence electrons. The average Bonchev–Trinajstić information content (AvgIpc) is 2.77. The number of thiazole rings is 1. The Hall–Kier alpha value is -2.19. The number of aryl methyl sites for hydroxylation is 2. The van der Waals surface area contributed by atoms with Crippen molar-refractivity contribution in [3.05, 3.63) is 51.0 Å². The van der Waals surface area contributed by atoms with E-state index in [4.69, 9.17) is 5.26 Å². The van der Waals surface area contributed by atoms with Gasteiger partial charge in [-0.1, -0.05) is 6.07 Å². The molecule has 0 bridgehead atoms. The first-order valence-corrected chi connectivity index (χ1v) is 7.13. The number of hydrogen-bond donors (Lipinski definition) is 1. The molecule has 0 aliphatic rings. The number of nitrogens with zero attached hydrogens (tertiary/aromatic N) is 2. The average molecular weight is 285 g/mol. The van der Waals surface area contributed by atoms with Gasteiger partial charge in [-0.2, -0.15) is 5.26 Å². The molecule has 0 atom stereocenters. The van der Waals surface area contributed by atoms with Gasteiger partial charge in [0.25, 0.3) is 5.91 Å². The highest BCUT2D eigenvalue weighted by Gasteiger charge is 2.07. The molecule has 0 aliphatic heterocycles. The number of aromatic nitrogens is 1. The lowest BCUT2D eigenvalue weighted by Gasteiger charge is -2.04. The monoisotopic (exact) mass is 285 g/mol. The fourth-order valence-electron chi connectivity index (χ4n) is 1.76. The molecule has 4 nitrogen and oxygen atoms in total. The summed E-state index contributed by atoms with van der Waals surface area (Å²) < 4.78 is 0. The normalized spacial score (nSPS) is 10.1. The molecule has 1 N–H and O–H groups in total. The standard InChI is InChI=1S/C15H15N3OS/c1-10-11(2)20-14(18-10)6-7-17-15(19)13-5-3-4-12(8-13)9-16/h3-5,8H,6-7H2,1-2H3,(H,17,19). The molecule has 1 aromatic heterocycles. The van der Waals surface area contributed by atoms with Crippen molar-refractivity contribution in [3.63, 3.8) is 0 Å². The molecule has 1 heterocycles. The van der Waals surface area contributed by atoms with Crippen molar-refractivity contribution in [2.75, 3.05) is 6.54 Å². The summed E-state index contributed by atoms with van der Waals surface area (Å²) in [4.78, 5) is 17.6. The third kappa shape index (κ3) is 3.43. The first-order chi connectivity index (χ1) is 9.60. The van der Waals surface area contributed by atoms with Gasteiger partial charge in [-0.3, -0.25) is 4.79 Å². The Balaban J connectivity index is 1.90. The zero-order valence-electron chi connectivity index (χ0n) is 11.4. The molecule has 1 aromatic carbocycles. The number of benzene rings is 1. The van der Waals surface area contributed by atoms with Gasteiger partial charge in [0.05, 0.1) is 22.3 Å². The van der Waals surface area contributed by atoms with Crippen LogP contribution in [0, 0.1) is 25.2 Å². The van der Waals surface area contributed by atoms with Crippen molar-refractivity contribution in [1.82, 2.24) is 10.3 Å². The highest BCUT2D eigenvalue weighted by atomic mass is 32.1. The van der Waals surface area contributed by atoms with E-state index >= 15 is 0 Å². The van der Waals surface area contributed by atoms with Crippen LogP contribution in [0.3, 0.4) is 0 Å². The van der Waals surface area contributed by atoms with Crippen LogP contribution in [0.15, 0.2) is 24.3 Å². The molecule has 1 amide bonds. The molecular formula is C15H15N3OS. The largest absolute Gasteiger partial charge is 0.352 e. The fourth-order valence-corrected chi connectivity index (χ4v) is 2.69. The Morgan fingerprint density at radius 3 is 2.90 bits per heavy atom. The maximum Gasteiger partial charge on any atom is 0.251 e. The first-order valence-electron chi connectivity index (χ1n) is 6.31. The van der Waals surface area contributed by atoms with E-state index in [0.29, 0.717) is 17.7 Å². The van der Waals surface area contributed by atoms with E-state index in [9.17, 15) is 4.79 Å². The van der Waals surface area contributed by atoms with E-state index in [0.717, 1.165) is 17.1 Å². The number of nitriles is 1. The quantitative estimate of drug-likeness (QED) is 0.939. The summed E-state index contributed by atoms with van der Waals surface area (Å²) in [6.07, 6.45) is 0.725. The van der Waals surface area contributed by atoms with Crippen LogP contribution in [-0.2, 0) is 6.42 Å². The molecule has 2 rings (SSSR count). The van der Waals surface area contributed by atoms with Gasteiger partial charge in [-0.25, -0.2) is 4.98 Å². The highest BCUT2D eigenvalue weighted by molar-refractivity contribution is 7.11. The maximum absolute atomic E-state index is 11.9. The fraction of sp³-hybridized carbons (Fsp3) is 0.267. The SMILES string of the molecule is Cc1nc(CCNC(=O)c2cccc(C#N)c2)sc1C. The molecule has 0 saturated carbocycles. The van der Waals surface area contributed by atoms with Gasteiger partial charge in [0.15, 0.2) is 0 Å². The zero-order valence-corrected chi connectivity index (χ0v) is 12.3. The molecule has 0 unspecified atom stereocenters. The number of hydrogen-bond acceptors (Lipinski definition) is 4. The Morgan fingerprint density at radius 2 is 2.25 bits per heavy atom. The second kappa shape index (κ2) is 6.31. The smallest absolute Gasteiger partial charge is 0.251 e. The van der Waals surface area contributed by atoms with Crippen molar-refractivity contribution in [1.29, 1.82) is 5.26 Å². The predicted molar refractivity (Wildman–Crippen MR) is 78.8 cm³/mol. The van der Waals surface area contributed by atoms with Crippen LogP contribution >= 0.6 is 11.3 Å². The first kappa shape index (κ1) is 14.2. The van der Waals surface area contributed by atoms with Gasteiger partial charge < -0.3 is 5.32 Å². The summed E-state index contributed by atoms with van der Waals surface area (Å²) in [7, 11) is 0. The lowest BCUT2D eigenvalue weighted by molar-refractivity contribution is 0.0954. The molecule has 2 aromatic rings. The second-order valence-electron chi connectivity index (χ2n) is 4.45. The van der Waals surface area contributed by atoms with Gasteiger partial charge in [0.2, 0.25) is 0 Å². The van der Waals surface area contributed by atoms with Gasteiger partial charge >= 0.3 is 0 Å². The highest BCUT2D eigenvalue weighted by Crippen LogP contribution is 2.16. The number of rotatable bonds is 4. The molecular weight excluding hydrogens is 270 g/mol. The minimum absolute atomic E-state index is 0.160. The summed E-state index contributed by atoms with van der Waals surface area (Å²) >= 11 is 1.66. The summed E-state index contributed by atoms with van der Waals surface area (Å²) in [6, 6.07) is 8.71. The molecule has 0 spiro atoms. The minimum atomic E-state index is -0.160. The Kier molecular flexibility index (Phi) is 4.49. The van der Waals surface area contributed by atoms with Crippen LogP contribution in [0.1, 0.15) is 31.5 Å². The van der Waals surface area contributed by atoms with Gasteiger partial charge in [-0.05, 0) is 32.0 Å². The maximum atomic E-state index is 11.9. The Morgan fingerprint density at radius 1 is 1.45 bits per heavy atom. The lowest BCUT2D eigenvalue weighted by Crippen LogP contribution is -2.25. The van der Waals surface area contributed by atoms with E-state index in [1.54, 1.807) is 35.6 Å². The van der Waals surface area contributed by atoms with Crippen LogP contribution in [-0.4, -0.2) is 17.4 Å². The van der Waals surface area contributed by atoms with Crippen molar-refractivity contribution < 1.29 is 4.79 Å². The third-order valence-electron chi connectivity index (χ3n) is 2.95. The molecule has 20 heavy (non-hydrogen) atoms. The minimum Gasteiger partial charge on any atom is -0.352 e. The van der Waals surface area contributed by atoms with E-state index in [-0.39, 0.29) is 5.91 Å². The van der Waals surface area contributed by atoms with Crippen LogP contribution in [0.2, 0.25) is 0 Å². The van der Waals surface area contributed by atoms with E-state index in [1.807, 2.05) is 19.9 Å². The summed E-state index contributed by atoms with van der Waals surface area (Å²) in [6.45, 7) is 4.58. The second-order valence-corrected chi connectivity index (χ2v) is 5.74. The summed E-state index contributed by atoms with van der Waals surface area (Å²) in [5.74, 6) is -0.160. The van der Waals surface area contributed by atoms with Crippen LogP contribution < -0.4 is 5.32 Å². The number of carbonyl (C=O) groups excluding carboxylic acids is 1. The molecule has 0 saturated heterocycles. The Labute approximate surface area is 122 Å². The van der Waals surface area contributed by atoms with Crippen molar-refractivity contribution in [2.45, 2.75) is 20.3 Å². The van der Waals surface area contributed by atoms with Gasteiger partial charge in [0, 0.05) is 23.4 Å². The van der Waals surface area contributed by atoms with E-state index in [2.05, 4.69) is 10.3 Å². The van der Waals surface area contributed by atoms with E-state index < -0.39 is 0 Å². The Bertz CT molecular complexity index is 650. The summed E-state index contributed by atoms with van der Waals surface area (Å²) in [5.41, 5.74) is 2.05. The van der Waals surface area contributed by atoms with Crippen molar-refractivity contribution >= 4 is 17.2 Å². The van der Waals surface area contributed by atoms with Crippen molar-refractivity contribution in [2.24, 2.45) is 0 Å². The van der Waals surface area contributed by atoms with Gasteiger partial charge in [0.1, 0.15) is 0 Å².